The molecule has 0 atom stereocenters. The van der Waals surface area contributed by atoms with E-state index >= 15 is 0 Å². The molecule has 0 radical (unpaired) electrons. The van der Waals surface area contributed by atoms with E-state index in [2.05, 4.69) is 22.3 Å². The molecule has 0 unspecified atom stereocenters. The third-order valence-electron chi connectivity index (χ3n) is 5.09. The summed E-state index contributed by atoms with van der Waals surface area (Å²) < 4.78 is 0. The topological polar surface area (TPSA) is 69.2 Å². The molecule has 0 aliphatic rings. The number of fused-ring (bicyclic) bond motifs is 1. The number of hydrogen-bond acceptors (Lipinski definition) is 3. The molecule has 0 bridgehead atoms. The number of nitrogens with zero attached hydrogens (tertiary/aromatic N) is 2. The van der Waals surface area contributed by atoms with Crippen molar-refractivity contribution < 1.29 is 9.90 Å². The van der Waals surface area contributed by atoms with Crippen molar-refractivity contribution in [1.29, 1.82) is 0 Å². The molecule has 0 saturated carbocycles. The number of amides is 1. The maximum absolute atomic E-state index is 13.0. The summed E-state index contributed by atoms with van der Waals surface area (Å²) in [4.78, 5) is 14.6. The second-order valence-electron chi connectivity index (χ2n) is 7.22. The van der Waals surface area contributed by atoms with Crippen LogP contribution in [0.25, 0.3) is 10.9 Å². The van der Waals surface area contributed by atoms with Gasteiger partial charge >= 0.3 is 0 Å². The van der Waals surface area contributed by atoms with Crippen molar-refractivity contribution in [2.75, 3.05) is 7.05 Å². The van der Waals surface area contributed by atoms with Crippen molar-refractivity contribution in [3.8, 4) is 5.75 Å². The Labute approximate surface area is 169 Å². The Morgan fingerprint density at radius 1 is 0.966 bits per heavy atom. The van der Waals surface area contributed by atoms with E-state index in [0.717, 1.165) is 35.0 Å². The predicted octanol–water partition coefficient (Wildman–Crippen LogP) is 4.33. The average molecular weight is 385 g/mol. The van der Waals surface area contributed by atoms with Gasteiger partial charge in [-0.25, -0.2) is 0 Å². The third-order valence-corrected chi connectivity index (χ3v) is 5.09. The normalized spacial score (nSPS) is 10.9. The van der Waals surface area contributed by atoms with Gasteiger partial charge in [-0.05, 0) is 30.0 Å². The Morgan fingerprint density at radius 2 is 1.62 bits per heavy atom. The molecule has 0 saturated heterocycles. The SMILES string of the molecule is CN(Cc1ccccc1)C(=O)c1cc2c(CCc3ccccc3)n[nH]c2cc1O. The minimum Gasteiger partial charge on any atom is -0.507 e. The van der Waals surface area contributed by atoms with Gasteiger partial charge in [-0.1, -0.05) is 60.7 Å². The van der Waals surface area contributed by atoms with Gasteiger partial charge in [-0.15, -0.1) is 0 Å². The molecule has 3 aromatic carbocycles. The van der Waals surface area contributed by atoms with Gasteiger partial charge in [-0.3, -0.25) is 9.89 Å². The maximum atomic E-state index is 13.0. The molecule has 1 aromatic heterocycles. The molecule has 146 valence electrons. The summed E-state index contributed by atoms with van der Waals surface area (Å²) in [6, 6.07) is 23.4. The summed E-state index contributed by atoms with van der Waals surface area (Å²) in [5, 5.41) is 18.7. The van der Waals surface area contributed by atoms with Gasteiger partial charge in [0.25, 0.3) is 5.91 Å². The number of H-pyrrole nitrogens is 1. The number of aromatic nitrogens is 2. The molecule has 4 rings (SSSR count). The van der Waals surface area contributed by atoms with Crippen molar-refractivity contribution in [3.63, 3.8) is 0 Å². The van der Waals surface area contributed by atoms with E-state index in [1.165, 1.54) is 5.56 Å². The lowest BCUT2D eigenvalue weighted by Crippen LogP contribution is -2.26. The lowest BCUT2D eigenvalue weighted by molar-refractivity contribution is 0.0782. The molecule has 1 amide bonds. The van der Waals surface area contributed by atoms with Crippen LogP contribution in [0.15, 0.2) is 72.8 Å². The fourth-order valence-electron chi connectivity index (χ4n) is 3.51. The van der Waals surface area contributed by atoms with E-state index in [9.17, 15) is 9.90 Å². The summed E-state index contributed by atoms with van der Waals surface area (Å²) in [5.41, 5.74) is 4.19. The van der Waals surface area contributed by atoms with Gasteiger partial charge in [0, 0.05) is 25.0 Å². The molecule has 29 heavy (non-hydrogen) atoms. The highest BCUT2D eigenvalue weighted by molar-refractivity contribution is 6.01. The predicted molar refractivity (Wildman–Crippen MR) is 114 cm³/mol. The largest absolute Gasteiger partial charge is 0.507 e. The Balaban J connectivity index is 1.57. The number of aromatic hydroxyl groups is 1. The summed E-state index contributed by atoms with van der Waals surface area (Å²) >= 11 is 0. The first-order valence-corrected chi connectivity index (χ1v) is 9.65. The van der Waals surface area contributed by atoms with E-state index in [1.807, 2.05) is 48.5 Å². The Morgan fingerprint density at radius 3 is 2.31 bits per heavy atom. The second-order valence-corrected chi connectivity index (χ2v) is 7.22. The van der Waals surface area contributed by atoms with Crippen LogP contribution in [0.2, 0.25) is 0 Å². The van der Waals surface area contributed by atoms with Crippen LogP contribution in [-0.2, 0) is 19.4 Å². The number of carbonyl (C=O) groups excluding carboxylic acids is 1. The molecule has 0 aliphatic carbocycles. The number of aromatic amines is 1. The van der Waals surface area contributed by atoms with E-state index in [0.29, 0.717) is 12.1 Å². The summed E-state index contributed by atoms with van der Waals surface area (Å²) in [6.07, 6.45) is 1.61. The van der Waals surface area contributed by atoms with Gasteiger partial charge in [0.15, 0.2) is 0 Å². The number of rotatable bonds is 6. The van der Waals surface area contributed by atoms with Crippen LogP contribution in [0.5, 0.6) is 5.75 Å². The van der Waals surface area contributed by atoms with E-state index in [1.54, 1.807) is 24.1 Å². The summed E-state index contributed by atoms with van der Waals surface area (Å²) in [5.74, 6) is -0.260. The summed E-state index contributed by atoms with van der Waals surface area (Å²) in [6.45, 7) is 0.476. The molecular weight excluding hydrogens is 362 g/mol. The van der Waals surface area contributed by atoms with Crippen LogP contribution in [0.4, 0.5) is 0 Å². The number of benzene rings is 3. The van der Waals surface area contributed by atoms with Crippen molar-refractivity contribution in [2.45, 2.75) is 19.4 Å². The van der Waals surface area contributed by atoms with Crippen LogP contribution in [0, 0.1) is 0 Å². The standard InChI is InChI=1S/C24H23N3O2/c1-27(16-18-10-6-3-7-11-18)24(29)20-14-19-21(25-26-22(19)15-23(20)28)13-12-17-8-4-2-5-9-17/h2-11,14-15,28H,12-13,16H2,1H3,(H,25,26). The fraction of sp³-hybridized carbons (Fsp3) is 0.167. The lowest BCUT2D eigenvalue weighted by Gasteiger charge is -2.18. The van der Waals surface area contributed by atoms with Crippen molar-refractivity contribution in [3.05, 3.63) is 95.2 Å². The van der Waals surface area contributed by atoms with E-state index in [-0.39, 0.29) is 11.7 Å². The third kappa shape index (κ3) is 4.14. The van der Waals surface area contributed by atoms with Gasteiger partial charge < -0.3 is 10.0 Å². The molecular formula is C24H23N3O2. The molecule has 0 aliphatic heterocycles. The molecule has 5 heteroatoms. The first kappa shape index (κ1) is 18.7. The van der Waals surface area contributed by atoms with Gasteiger partial charge in [0.05, 0.1) is 16.8 Å². The zero-order chi connectivity index (χ0) is 20.2. The smallest absolute Gasteiger partial charge is 0.257 e. The van der Waals surface area contributed by atoms with Crippen LogP contribution < -0.4 is 0 Å². The zero-order valence-corrected chi connectivity index (χ0v) is 16.3. The highest BCUT2D eigenvalue weighted by atomic mass is 16.3. The fourth-order valence-corrected chi connectivity index (χ4v) is 3.51. The van der Waals surface area contributed by atoms with E-state index in [4.69, 9.17) is 0 Å². The molecule has 0 spiro atoms. The van der Waals surface area contributed by atoms with Crippen LogP contribution in [-0.4, -0.2) is 33.2 Å². The van der Waals surface area contributed by atoms with Crippen molar-refractivity contribution in [1.82, 2.24) is 15.1 Å². The monoisotopic (exact) mass is 385 g/mol. The maximum Gasteiger partial charge on any atom is 0.257 e. The minimum absolute atomic E-state index is 0.0410. The second kappa shape index (κ2) is 8.19. The Bertz CT molecular complexity index is 1120. The number of aryl methyl sites for hydroxylation is 2. The van der Waals surface area contributed by atoms with Gasteiger partial charge in [0.2, 0.25) is 0 Å². The lowest BCUT2D eigenvalue weighted by atomic mass is 10.0. The highest BCUT2D eigenvalue weighted by Crippen LogP contribution is 2.28. The number of nitrogens with one attached hydrogen (secondary N) is 1. The Hall–Kier alpha value is -3.60. The molecule has 1 heterocycles. The van der Waals surface area contributed by atoms with Crippen molar-refractivity contribution in [2.24, 2.45) is 0 Å². The van der Waals surface area contributed by atoms with Crippen LogP contribution >= 0.6 is 0 Å². The molecule has 2 N–H and O–H groups in total. The first-order valence-electron chi connectivity index (χ1n) is 9.65. The van der Waals surface area contributed by atoms with Gasteiger partial charge in [0.1, 0.15) is 5.75 Å². The number of phenolic OH excluding ortho intramolecular Hbond substituents is 1. The average Bonchev–Trinajstić information content (AvgIpc) is 3.14. The number of carbonyl (C=O) groups is 1. The van der Waals surface area contributed by atoms with Crippen LogP contribution in [0.3, 0.4) is 0 Å². The quantitative estimate of drug-likeness (QED) is 0.519. The summed E-state index contributed by atoms with van der Waals surface area (Å²) in [7, 11) is 1.74. The first-order chi connectivity index (χ1) is 14.1. The van der Waals surface area contributed by atoms with Crippen molar-refractivity contribution >= 4 is 16.8 Å². The minimum atomic E-state index is -0.219. The van der Waals surface area contributed by atoms with E-state index < -0.39 is 0 Å². The zero-order valence-electron chi connectivity index (χ0n) is 16.3. The molecule has 5 nitrogen and oxygen atoms in total. The van der Waals surface area contributed by atoms with Crippen LogP contribution in [0.1, 0.15) is 27.2 Å². The molecule has 4 aromatic rings. The number of phenols is 1. The highest BCUT2D eigenvalue weighted by Gasteiger charge is 2.19. The van der Waals surface area contributed by atoms with Gasteiger partial charge in [-0.2, -0.15) is 5.10 Å². The Kier molecular flexibility index (Phi) is 5.29. The molecule has 0 fully saturated rings. The number of hydrogen-bond donors (Lipinski definition) is 2.